The van der Waals surface area contributed by atoms with E-state index in [2.05, 4.69) is 39.1 Å². The van der Waals surface area contributed by atoms with Gasteiger partial charge in [0.2, 0.25) is 5.91 Å². The number of hydrogen-bond donors (Lipinski definition) is 2. The molecule has 1 aliphatic heterocycles. The number of carbonyl (C=O) groups excluding carboxylic acids is 2. The Hall–Kier alpha value is -1.88. The number of hydrogen-bond acceptors (Lipinski definition) is 3. The van der Waals surface area contributed by atoms with E-state index in [4.69, 9.17) is 10.5 Å². The number of amides is 2. The van der Waals surface area contributed by atoms with Gasteiger partial charge in [0.05, 0.1) is 5.41 Å². The lowest BCUT2D eigenvalue weighted by molar-refractivity contribution is -0.132. The van der Waals surface area contributed by atoms with E-state index in [-0.39, 0.29) is 29.2 Å². The van der Waals surface area contributed by atoms with Crippen LogP contribution in [0.2, 0.25) is 0 Å². The zero-order valence-corrected chi connectivity index (χ0v) is 17.0. The molecule has 0 saturated carbocycles. The molecule has 1 aromatic rings. The zero-order valence-electron chi connectivity index (χ0n) is 17.0. The van der Waals surface area contributed by atoms with Gasteiger partial charge in [0.15, 0.2) is 0 Å². The second-order valence-corrected chi connectivity index (χ2v) is 9.47. The average molecular weight is 373 g/mol. The highest BCUT2D eigenvalue weighted by molar-refractivity contribution is 5.95. The van der Waals surface area contributed by atoms with Crippen LogP contribution in [0.3, 0.4) is 0 Å². The molecule has 27 heavy (non-hydrogen) atoms. The van der Waals surface area contributed by atoms with E-state index >= 15 is 0 Å². The van der Waals surface area contributed by atoms with E-state index in [1.54, 1.807) is 0 Å². The monoisotopic (exact) mass is 372 g/mol. The summed E-state index contributed by atoms with van der Waals surface area (Å²) in [6.07, 6.45) is 3.34. The topological polar surface area (TPSA) is 81.4 Å². The summed E-state index contributed by atoms with van der Waals surface area (Å²) in [4.78, 5) is 24.8. The highest BCUT2D eigenvalue weighted by Crippen LogP contribution is 2.45. The maximum absolute atomic E-state index is 12.8. The number of rotatable bonds is 4. The van der Waals surface area contributed by atoms with Crippen LogP contribution in [0.25, 0.3) is 0 Å². The van der Waals surface area contributed by atoms with Crippen molar-refractivity contribution in [3.63, 3.8) is 0 Å². The first kappa shape index (κ1) is 19.9. The number of benzene rings is 1. The standard InChI is InChI=1S/C22H32N2O3/c1-20(2)7-8-21(3,4)17-13-15(5-6-16(17)20)18(25)24-14-22(19(23)26)9-11-27-12-10-22/h5-6,13H,7-12,14H2,1-4H3,(H2,23,26)(H,24,25). The van der Waals surface area contributed by atoms with Gasteiger partial charge < -0.3 is 15.8 Å². The molecule has 0 radical (unpaired) electrons. The summed E-state index contributed by atoms with van der Waals surface area (Å²) in [6, 6.07) is 6.04. The van der Waals surface area contributed by atoms with Gasteiger partial charge in [-0.3, -0.25) is 9.59 Å². The minimum Gasteiger partial charge on any atom is -0.381 e. The Balaban J connectivity index is 1.81. The minimum absolute atomic E-state index is 0.0519. The predicted molar refractivity (Wildman–Crippen MR) is 106 cm³/mol. The van der Waals surface area contributed by atoms with Gasteiger partial charge in [-0.15, -0.1) is 0 Å². The van der Waals surface area contributed by atoms with Crippen molar-refractivity contribution in [2.75, 3.05) is 19.8 Å². The predicted octanol–water partition coefficient (Wildman–Crippen LogP) is 3.05. The maximum atomic E-state index is 12.8. The first-order valence-corrected chi connectivity index (χ1v) is 9.88. The van der Waals surface area contributed by atoms with Crippen LogP contribution in [0.4, 0.5) is 0 Å². The first-order valence-electron chi connectivity index (χ1n) is 9.88. The first-order chi connectivity index (χ1) is 12.6. The van der Waals surface area contributed by atoms with E-state index in [0.717, 1.165) is 12.8 Å². The summed E-state index contributed by atoms with van der Waals surface area (Å²) in [5.74, 6) is -0.511. The summed E-state index contributed by atoms with van der Waals surface area (Å²) in [6.45, 7) is 10.3. The quantitative estimate of drug-likeness (QED) is 0.852. The van der Waals surface area contributed by atoms with E-state index in [1.807, 2.05) is 12.1 Å². The van der Waals surface area contributed by atoms with Crippen LogP contribution in [0.15, 0.2) is 18.2 Å². The third kappa shape index (κ3) is 3.75. The van der Waals surface area contributed by atoms with Crippen LogP contribution in [0.5, 0.6) is 0 Å². The lowest BCUT2D eigenvalue weighted by atomic mass is 9.63. The summed E-state index contributed by atoms with van der Waals surface area (Å²) >= 11 is 0. The van der Waals surface area contributed by atoms with Crippen molar-refractivity contribution in [1.82, 2.24) is 5.32 Å². The number of primary amides is 1. The van der Waals surface area contributed by atoms with Crippen LogP contribution in [0.1, 0.15) is 74.9 Å². The van der Waals surface area contributed by atoms with Crippen molar-refractivity contribution in [3.05, 3.63) is 34.9 Å². The lowest BCUT2D eigenvalue weighted by Crippen LogP contribution is -2.49. The number of ether oxygens (including phenoxy) is 1. The molecule has 0 unspecified atom stereocenters. The van der Waals surface area contributed by atoms with Gasteiger partial charge in [0, 0.05) is 25.3 Å². The third-order valence-electron chi connectivity index (χ3n) is 6.67. The molecule has 5 nitrogen and oxygen atoms in total. The molecule has 2 aliphatic rings. The van der Waals surface area contributed by atoms with E-state index in [9.17, 15) is 9.59 Å². The summed E-state index contributed by atoms with van der Waals surface area (Å²) in [5.41, 5.74) is 8.33. The summed E-state index contributed by atoms with van der Waals surface area (Å²) in [7, 11) is 0. The van der Waals surface area contributed by atoms with Gasteiger partial charge in [-0.2, -0.15) is 0 Å². The van der Waals surface area contributed by atoms with Crippen molar-refractivity contribution in [3.8, 4) is 0 Å². The Morgan fingerprint density at radius 2 is 1.59 bits per heavy atom. The molecule has 1 saturated heterocycles. The van der Waals surface area contributed by atoms with E-state index in [0.29, 0.717) is 31.6 Å². The van der Waals surface area contributed by atoms with Crippen LogP contribution in [0, 0.1) is 5.41 Å². The molecular weight excluding hydrogens is 340 g/mol. The van der Waals surface area contributed by atoms with Crippen molar-refractivity contribution in [2.24, 2.45) is 11.1 Å². The van der Waals surface area contributed by atoms with Gasteiger partial charge in [-0.25, -0.2) is 0 Å². The fourth-order valence-corrected chi connectivity index (χ4v) is 4.35. The van der Waals surface area contributed by atoms with Crippen LogP contribution >= 0.6 is 0 Å². The van der Waals surface area contributed by atoms with Gasteiger partial charge in [0.1, 0.15) is 0 Å². The second-order valence-electron chi connectivity index (χ2n) is 9.47. The maximum Gasteiger partial charge on any atom is 0.251 e. The SMILES string of the molecule is CC1(C)CCC(C)(C)c2cc(C(=O)NCC3(C(N)=O)CCOCC3)ccc21. The van der Waals surface area contributed by atoms with Crippen molar-refractivity contribution in [2.45, 2.75) is 64.2 Å². The minimum atomic E-state index is -0.705. The van der Waals surface area contributed by atoms with Gasteiger partial charge in [-0.05, 0) is 59.8 Å². The molecule has 2 amide bonds. The molecule has 0 spiro atoms. The molecule has 1 aliphatic carbocycles. The van der Waals surface area contributed by atoms with Gasteiger partial charge in [0.25, 0.3) is 5.91 Å². The molecule has 0 bridgehead atoms. The van der Waals surface area contributed by atoms with Crippen LogP contribution in [-0.4, -0.2) is 31.6 Å². The fraction of sp³-hybridized carbons (Fsp3) is 0.636. The summed E-state index contributed by atoms with van der Waals surface area (Å²) in [5, 5.41) is 2.95. The molecule has 5 heteroatoms. The van der Waals surface area contributed by atoms with Crippen molar-refractivity contribution in [1.29, 1.82) is 0 Å². The highest BCUT2D eigenvalue weighted by atomic mass is 16.5. The molecule has 1 heterocycles. The number of nitrogens with one attached hydrogen (secondary N) is 1. The lowest BCUT2D eigenvalue weighted by Gasteiger charge is -2.42. The second kappa shape index (κ2) is 6.93. The Kier molecular flexibility index (Phi) is 5.10. The van der Waals surface area contributed by atoms with Crippen molar-refractivity contribution < 1.29 is 14.3 Å². The smallest absolute Gasteiger partial charge is 0.251 e. The molecule has 1 aromatic carbocycles. The fourth-order valence-electron chi connectivity index (χ4n) is 4.35. The molecule has 148 valence electrons. The Morgan fingerprint density at radius 3 is 2.19 bits per heavy atom. The molecule has 1 fully saturated rings. The Labute approximate surface area is 162 Å². The normalized spacial score (nSPS) is 22.5. The molecule has 3 rings (SSSR count). The average Bonchev–Trinajstić information content (AvgIpc) is 2.64. The molecular formula is C22H32N2O3. The van der Waals surface area contributed by atoms with Crippen LogP contribution in [-0.2, 0) is 20.4 Å². The molecule has 3 N–H and O–H groups in total. The van der Waals surface area contributed by atoms with E-state index in [1.165, 1.54) is 11.1 Å². The largest absolute Gasteiger partial charge is 0.381 e. The number of fused-ring (bicyclic) bond motifs is 1. The number of carbonyl (C=O) groups is 2. The molecule has 0 aromatic heterocycles. The van der Waals surface area contributed by atoms with Crippen LogP contribution < -0.4 is 11.1 Å². The highest BCUT2D eigenvalue weighted by Gasteiger charge is 2.39. The van der Waals surface area contributed by atoms with Gasteiger partial charge >= 0.3 is 0 Å². The van der Waals surface area contributed by atoms with Crippen molar-refractivity contribution >= 4 is 11.8 Å². The van der Waals surface area contributed by atoms with E-state index < -0.39 is 5.41 Å². The third-order valence-corrected chi connectivity index (χ3v) is 6.67. The van der Waals surface area contributed by atoms with Gasteiger partial charge in [-0.1, -0.05) is 33.8 Å². The Morgan fingerprint density at radius 1 is 1.00 bits per heavy atom. The Bertz CT molecular complexity index is 746. The summed E-state index contributed by atoms with van der Waals surface area (Å²) < 4.78 is 5.35. The molecule has 0 atom stereocenters. The zero-order chi connectivity index (χ0) is 19.9. The number of nitrogens with two attached hydrogens (primary N) is 1.